The van der Waals surface area contributed by atoms with Crippen LogP contribution in [-0.4, -0.2) is 5.91 Å². The Kier molecular flexibility index (Phi) is 4.99. The van der Waals surface area contributed by atoms with Crippen LogP contribution in [0.15, 0.2) is 72.8 Å². The number of carbonyl (C=O) groups is 1. The number of nitrogens with one attached hydrogen (secondary N) is 1. The lowest BCUT2D eigenvalue weighted by atomic mass is 9.93. The van der Waals surface area contributed by atoms with Crippen LogP contribution in [0.4, 0.5) is 0 Å². The van der Waals surface area contributed by atoms with Gasteiger partial charge < -0.3 is 5.32 Å². The highest BCUT2D eigenvalue weighted by Crippen LogP contribution is 2.26. The first-order valence-corrected chi connectivity index (χ1v) is 8.55. The summed E-state index contributed by atoms with van der Waals surface area (Å²) in [5, 5.41) is 3.24. The summed E-state index contributed by atoms with van der Waals surface area (Å²) in [7, 11) is 0. The van der Waals surface area contributed by atoms with E-state index in [2.05, 4.69) is 49.5 Å². The third-order valence-electron chi connectivity index (χ3n) is 4.54. The minimum Gasteiger partial charge on any atom is -0.341 e. The number of carbonyl (C=O) groups excluding carboxylic acids is 1. The molecule has 0 aliphatic rings. The van der Waals surface area contributed by atoms with Gasteiger partial charge in [0.25, 0.3) is 5.91 Å². The Hall–Kier alpha value is -2.87. The van der Waals surface area contributed by atoms with E-state index in [1.54, 1.807) is 0 Å². The van der Waals surface area contributed by atoms with Crippen LogP contribution in [0.2, 0.25) is 0 Å². The zero-order valence-electron chi connectivity index (χ0n) is 14.9. The van der Waals surface area contributed by atoms with E-state index in [1.165, 1.54) is 11.1 Å². The molecule has 0 radical (unpaired) electrons. The fourth-order valence-electron chi connectivity index (χ4n) is 3.09. The second-order valence-electron chi connectivity index (χ2n) is 6.49. The molecule has 1 atom stereocenters. The second-order valence-corrected chi connectivity index (χ2v) is 6.49. The van der Waals surface area contributed by atoms with E-state index in [1.807, 2.05) is 49.4 Å². The molecule has 1 amide bonds. The van der Waals surface area contributed by atoms with Crippen molar-refractivity contribution < 1.29 is 4.79 Å². The molecule has 0 bridgehead atoms. The van der Waals surface area contributed by atoms with Gasteiger partial charge in [0.2, 0.25) is 0 Å². The number of hydrogen-bond acceptors (Lipinski definition) is 1. The summed E-state index contributed by atoms with van der Waals surface area (Å²) in [5.41, 5.74) is 6.27. The maximum atomic E-state index is 12.9. The number of amides is 1. The molecule has 0 saturated carbocycles. The summed E-state index contributed by atoms with van der Waals surface area (Å²) < 4.78 is 0. The van der Waals surface area contributed by atoms with Gasteiger partial charge in [0, 0.05) is 5.56 Å². The highest BCUT2D eigenvalue weighted by Gasteiger charge is 2.20. The number of rotatable bonds is 4. The Morgan fingerprint density at radius 3 is 2.20 bits per heavy atom. The smallest absolute Gasteiger partial charge is 0.252 e. The lowest BCUT2D eigenvalue weighted by molar-refractivity contribution is 0.0942. The number of hydrogen-bond donors (Lipinski definition) is 1. The largest absolute Gasteiger partial charge is 0.341 e. The van der Waals surface area contributed by atoms with E-state index in [-0.39, 0.29) is 11.9 Å². The third-order valence-corrected chi connectivity index (χ3v) is 4.54. The van der Waals surface area contributed by atoms with Crippen LogP contribution in [0.1, 0.15) is 44.2 Å². The van der Waals surface area contributed by atoms with Gasteiger partial charge in [-0.2, -0.15) is 0 Å². The van der Waals surface area contributed by atoms with E-state index in [0.717, 1.165) is 16.7 Å². The van der Waals surface area contributed by atoms with E-state index in [4.69, 9.17) is 0 Å². The molecule has 0 aliphatic carbocycles. The Balaban J connectivity index is 2.02. The zero-order chi connectivity index (χ0) is 17.8. The normalized spacial score (nSPS) is 11.8. The summed E-state index contributed by atoms with van der Waals surface area (Å²) in [5.74, 6) is -0.0483. The molecule has 0 heterocycles. The van der Waals surface area contributed by atoms with Crippen molar-refractivity contribution in [3.63, 3.8) is 0 Å². The maximum Gasteiger partial charge on any atom is 0.252 e. The second kappa shape index (κ2) is 7.35. The molecule has 0 aromatic heterocycles. The molecular formula is C23H23NO. The molecule has 3 aromatic carbocycles. The Morgan fingerprint density at radius 1 is 0.800 bits per heavy atom. The molecule has 0 aliphatic heterocycles. The van der Waals surface area contributed by atoms with E-state index in [0.29, 0.717) is 5.56 Å². The van der Waals surface area contributed by atoms with Crippen LogP contribution >= 0.6 is 0 Å². The number of aryl methyl sites for hydroxylation is 3. The molecule has 25 heavy (non-hydrogen) atoms. The van der Waals surface area contributed by atoms with Gasteiger partial charge in [0.15, 0.2) is 0 Å². The van der Waals surface area contributed by atoms with Crippen LogP contribution in [-0.2, 0) is 0 Å². The fourth-order valence-corrected chi connectivity index (χ4v) is 3.09. The Bertz CT molecular complexity index is 884. The standard InChI is InChI=1S/C23H23NO/c1-16-13-14-18(3)21(15-16)22(19-10-5-4-6-11-19)24-23(25)20-12-8-7-9-17(20)2/h4-15,22H,1-3H3,(H,24,25)/t22-/m0/s1. The minimum atomic E-state index is -0.173. The molecule has 2 heteroatoms. The van der Waals surface area contributed by atoms with Gasteiger partial charge in [-0.3, -0.25) is 4.79 Å². The monoisotopic (exact) mass is 329 g/mol. The van der Waals surface area contributed by atoms with Gasteiger partial charge in [-0.15, -0.1) is 0 Å². The molecule has 2 nitrogen and oxygen atoms in total. The predicted octanol–water partition coefficient (Wildman–Crippen LogP) is 5.13. The van der Waals surface area contributed by atoms with Crippen molar-refractivity contribution in [1.29, 1.82) is 0 Å². The highest BCUT2D eigenvalue weighted by molar-refractivity contribution is 5.96. The molecule has 3 aromatic rings. The van der Waals surface area contributed by atoms with Crippen molar-refractivity contribution in [2.75, 3.05) is 0 Å². The fraction of sp³-hybridized carbons (Fsp3) is 0.174. The summed E-state index contributed by atoms with van der Waals surface area (Å²) in [6.45, 7) is 6.13. The SMILES string of the molecule is Cc1ccc(C)c([C@@H](NC(=O)c2ccccc2C)c2ccccc2)c1. The topological polar surface area (TPSA) is 29.1 Å². The van der Waals surface area contributed by atoms with Crippen molar-refractivity contribution in [1.82, 2.24) is 5.32 Å². The van der Waals surface area contributed by atoms with Gasteiger partial charge in [0.05, 0.1) is 6.04 Å². The summed E-state index contributed by atoms with van der Waals surface area (Å²) in [4.78, 5) is 12.9. The molecular weight excluding hydrogens is 306 g/mol. The van der Waals surface area contributed by atoms with E-state index in [9.17, 15) is 4.79 Å². The first kappa shape index (κ1) is 17.0. The molecule has 3 rings (SSSR count). The lowest BCUT2D eigenvalue weighted by Gasteiger charge is -2.22. The molecule has 1 N–H and O–H groups in total. The molecule has 126 valence electrons. The highest BCUT2D eigenvalue weighted by atomic mass is 16.1. The van der Waals surface area contributed by atoms with Crippen LogP contribution in [0, 0.1) is 20.8 Å². The van der Waals surface area contributed by atoms with E-state index < -0.39 is 0 Å². The predicted molar refractivity (Wildman–Crippen MR) is 103 cm³/mol. The van der Waals surface area contributed by atoms with Gasteiger partial charge in [0.1, 0.15) is 0 Å². The first-order chi connectivity index (χ1) is 12.1. The van der Waals surface area contributed by atoms with Gasteiger partial charge in [-0.25, -0.2) is 0 Å². The quantitative estimate of drug-likeness (QED) is 0.706. The van der Waals surface area contributed by atoms with Crippen LogP contribution in [0.5, 0.6) is 0 Å². The van der Waals surface area contributed by atoms with E-state index >= 15 is 0 Å². The summed E-state index contributed by atoms with van der Waals surface area (Å²) in [6.07, 6.45) is 0. The van der Waals surface area contributed by atoms with Crippen LogP contribution in [0.25, 0.3) is 0 Å². The van der Waals surface area contributed by atoms with Crippen molar-refractivity contribution in [3.05, 3.63) is 106 Å². The van der Waals surface area contributed by atoms with Gasteiger partial charge in [-0.05, 0) is 49.1 Å². The first-order valence-electron chi connectivity index (χ1n) is 8.55. The Morgan fingerprint density at radius 2 is 1.48 bits per heavy atom. The van der Waals surface area contributed by atoms with Crippen molar-refractivity contribution in [3.8, 4) is 0 Å². The number of benzene rings is 3. The van der Waals surface area contributed by atoms with Gasteiger partial charge >= 0.3 is 0 Å². The summed E-state index contributed by atoms with van der Waals surface area (Å²) >= 11 is 0. The van der Waals surface area contributed by atoms with Crippen molar-refractivity contribution in [2.24, 2.45) is 0 Å². The van der Waals surface area contributed by atoms with Crippen molar-refractivity contribution in [2.45, 2.75) is 26.8 Å². The molecule has 0 spiro atoms. The molecule has 0 fully saturated rings. The molecule has 0 saturated heterocycles. The Labute approximate surface area is 149 Å². The average molecular weight is 329 g/mol. The van der Waals surface area contributed by atoms with Crippen LogP contribution < -0.4 is 5.32 Å². The minimum absolute atomic E-state index is 0.0483. The average Bonchev–Trinajstić information content (AvgIpc) is 2.63. The maximum absolute atomic E-state index is 12.9. The zero-order valence-corrected chi connectivity index (χ0v) is 14.9. The molecule has 0 unspecified atom stereocenters. The third kappa shape index (κ3) is 3.80. The van der Waals surface area contributed by atoms with Crippen LogP contribution in [0.3, 0.4) is 0 Å². The van der Waals surface area contributed by atoms with Crippen molar-refractivity contribution >= 4 is 5.91 Å². The van der Waals surface area contributed by atoms with Gasteiger partial charge in [-0.1, -0.05) is 72.3 Å². The lowest BCUT2D eigenvalue weighted by Crippen LogP contribution is -2.30. The summed E-state index contributed by atoms with van der Waals surface area (Å²) in [6, 6.07) is 24.0.